The van der Waals surface area contributed by atoms with Crippen molar-refractivity contribution in [2.24, 2.45) is 10.1 Å². The summed E-state index contributed by atoms with van der Waals surface area (Å²) in [6, 6.07) is 1.90. The molecule has 0 amide bonds. The average Bonchev–Trinajstić information content (AvgIpc) is 3.06. The first-order chi connectivity index (χ1) is 9.33. The molecular formula is C14H20N4OS. The lowest BCUT2D eigenvalue weighted by Crippen LogP contribution is -2.04. The molecule has 6 heteroatoms. The van der Waals surface area contributed by atoms with Crippen LogP contribution in [0.1, 0.15) is 43.0 Å². The van der Waals surface area contributed by atoms with E-state index in [4.69, 9.17) is 5.73 Å². The summed E-state index contributed by atoms with van der Waals surface area (Å²) in [5.74, 6) is 0.610. The fourth-order valence-electron chi connectivity index (χ4n) is 2.28. The summed E-state index contributed by atoms with van der Waals surface area (Å²) in [7, 11) is -2.21. The van der Waals surface area contributed by atoms with E-state index in [0.29, 0.717) is 11.6 Å². The summed E-state index contributed by atoms with van der Waals surface area (Å²) >= 11 is 0. The van der Waals surface area contributed by atoms with Gasteiger partial charge in [-0.15, -0.1) is 0 Å². The number of nitrogens with two attached hydrogens (primary N) is 1. The highest BCUT2D eigenvalue weighted by atomic mass is 32.2. The number of imidazole rings is 1. The van der Waals surface area contributed by atoms with Crippen LogP contribution in [0.2, 0.25) is 0 Å². The van der Waals surface area contributed by atoms with Crippen molar-refractivity contribution in [3.05, 3.63) is 29.7 Å². The van der Waals surface area contributed by atoms with Crippen molar-refractivity contribution in [2.75, 3.05) is 12.5 Å². The molecule has 2 aromatic heterocycles. The molecule has 20 heavy (non-hydrogen) atoms. The van der Waals surface area contributed by atoms with Crippen LogP contribution in [0, 0.1) is 0 Å². The van der Waals surface area contributed by atoms with E-state index in [2.05, 4.69) is 15.5 Å². The second-order valence-corrected chi connectivity index (χ2v) is 8.44. The van der Waals surface area contributed by atoms with Crippen LogP contribution in [-0.4, -0.2) is 26.1 Å². The highest BCUT2D eigenvalue weighted by molar-refractivity contribution is 7.92. The smallest absolute Gasteiger partial charge is 0.163 e. The van der Waals surface area contributed by atoms with Gasteiger partial charge in [-0.25, -0.2) is 9.19 Å². The SMILES string of the molecule is C[C@@H](N)c1cn2cc(C3CC3)cc(N=S(C)(C)=O)c2n1. The van der Waals surface area contributed by atoms with Crippen LogP contribution in [0.3, 0.4) is 0 Å². The van der Waals surface area contributed by atoms with Gasteiger partial charge in [0.1, 0.15) is 5.69 Å². The highest BCUT2D eigenvalue weighted by Gasteiger charge is 2.25. The molecule has 1 aliphatic rings. The molecule has 2 heterocycles. The van der Waals surface area contributed by atoms with E-state index in [1.54, 1.807) is 12.5 Å². The minimum atomic E-state index is -2.21. The van der Waals surface area contributed by atoms with Gasteiger partial charge in [0.15, 0.2) is 5.65 Å². The molecule has 1 atom stereocenters. The van der Waals surface area contributed by atoms with Crippen LogP contribution in [-0.2, 0) is 9.73 Å². The van der Waals surface area contributed by atoms with E-state index >= 15 is 0 Å². The summed E-state index contributed by atoms with van der Waals surface area (Å²) in [5.41, 5.74) is 9.41. The molecule has 3 rings (SSSR count). The van der Waals surface area contributed by atoms with Gasteiger partial charge in [0, 0.05) is 40.7 Å². The first-order valence-corrected chi connectivity index (χ1v) is 9.12. The molecule has 108 valence electrons. The number of nitrogens with zero attached hydrogens (tertiary/aromatic N) is 3. The molecule has 5 nitrogen and oxygen atoms in total. The lowest BCUT2D eigenvalue weighted by Gasteiger charge is -2.04. The highest BCUT2D eigenvalue weighted by Crippen LogP contribution is 2.41. The molecule has 0 spiro atoms. The van der Waals surface area contributed by atoms with Crippen molar-refractivity contribution in [1.82, 2.24) is 9.38 Å². The zero-order valence-corrected chi connectivity index (χ0v) is 12.9. The Hall–Kier alpha value is -1.40. The molecule has 0 saturated heterocycles. The molecule has 2 N–H and O–H groups in total. The number of hydrogen-bond acceptors (Lipinski definition) is 4. The Morgan fingerprint density at radius 2 is 2.15 bits per heavy atom. The second-order valence-electron chi connectivity index (χ2n) is 5.89. The summed E-state index contributed by atoms with van der Waals surface area (Å²) in [6.07, 6.45) is 9.75. The Balaban J connectivity index is 2.26. The minimum Gasteiger partial charge on any atom is -0.323 e. The monoisotopic (exact) mass is 292 g/mol. The molecule has 0 aromatic carbocycles. The molecule has 1 fully saturated rings. The zero-order valence-electron chi connectivity index (χ0n) is 12.0. The van der Waals surface area contributed by atoms with Crippen molar-refractivity contribution >= 4 is 21.1 Å². The Kier molecular flexibility index (Phi) is 3.10. The molecule has 0 radical (unpaired) electrons. The van der Waals surface area contributed by atoms with Crippen LogP contribution in [0.5, 0.6) is 0 Å². The number of fused-ring (bicyclic) bond motifs is 1. The van der Waals surface area contributed by atoms with Crippen molar-refractivity contribution < 1.29 is 4.21 Å². The van der Waals surface area contributed by atoms with Gasteiger partial charge in [0.05, 0.1) is 5.69 Å². The number of aromatic nitrogens is 2. The van der Waals surface area contributed by atoms with Gasteiger partial charge in [-0.1, -0.05) is 0 Å². The maximum atomic E-state index is 12.0. The van der Waals surface area contributed by atoms with Crippen LogP contribution >= 0.6 is 0 Å². The van der Waals surface area contributed by atoms with Crippen molar-refractivity contribution in [3.8, 4) is 0 Å². The fourth-order valence-corrected chi connectivity index (χ4v) is 2.89. The largest absolute Gasteiger partial charge is 0.323 e. The average molecular weight is 292 g/mol. The first-order valence-electron chi connectivity index (χ1n) is 6.79. The molecule has 1 saturated carbocycles. The predicted octanol–water partition coefficient (Wildman–Crippen LogP) is 2.59. The molecule has 0 bridgehead atoms. The van der Waals surface area contributed by atoms with Crippen molar-refractivity contribution in [3.63, 3.8) is 0 Å². The van der Waals surface area contributed by atoms with E-state index < -0.39 is 9.73 Å². The van der Waals surface area contributed by atoms with Gasteiger partial charge in [-0.05, 0) is 37.3 Å². The van der Waals surface area contributed by atoms with Gasteiger partial charge in [0.2, 0.25) is 0 Å². The van der Waals surface area contributed by atoms with E-state index in [0.717, 1.165) is 11.3 Å². The van der Waals surface area contributed by atoms with Gasteiger partial charge in [-0.3, -0.25) is 0 Å². The van der Waals surface area contributed by atoms with Crippen molar-refractivity contribution in [1.29, 1.82) is 0 Å². The van der Waals surface area contributed by atoms with Crippen LogP contribution in [0.25, 0.3) is 5.65 Å². The molecular weight excluding hydrogens is 272 g/mol. The summed E-state index contributed by atoms with van der Waals surface area (Å²) < 4.78 is 18.3. The van der Waals surface area contributed by atoms with Gasteiger partial charge >= 0.3 is 0 Å². The summed E-state index contributed by atoms with van der Waals surface area (Å²) in [5, 5.41) is 0. The molecule has 2 aromatic rings. The Labute approximate surface area is 119 Å². The molecule has 1 aliphatic carbocycles. The van der Waals surface area contributed by atoms with Crippen LogP contribution < -0.4 is 5.73 Å². The zero-order chi connectivity index (χ0) is 14.5. The normalized spacial score (nSPS) is 17.4. The lowest BCUT2D eigenvalue weighted by molar-refractivity contribution is 0.684. The van der Waals surface area contributed by atoms with E-state index in [9.17, 15) is 4.21 Å². The lowest BCUT2D eigenvalue weighted by atomic mass is 10.2. The fraction of sp³-hybridized carbons (Fsp3) is 0.500. The third kappa shape index (κ3) is 2.71. The Morgan fingerprint density at radius 1 is 1.45 bits per heavy atom. The predicted molar refractivity (Wildman–Crippen MR) is 81.8 cm³/mol. The van der Waals surface area contributed by atoms with Crippen molar-refractivity contribution in [2.45, 2.75) is 31.7 Å². The second kappa shape index (κ2) is 4.56. The maximum absolute atomic E-state index is 12.0. The maximum Gasteiger partial charge on any atom is 0.163 e. The van der Waals surface area contributed by atoms with Gasteiger partial charge in [0.25, 0.3) is 0 Å². The van der Waals surface area contributed by atoms with Crippen LogP contribution in [0.4, 0.5) is 5.69 Å². The topological polar surface area (TPSA) is 72.8 Å². The van der Waals surface area contributed by atoms with Crippen LogP contribution in [0.15, 0.2) is 22.8 Å². The minimum absolute atomic E-state index is 0.125. The molecule has 0 aliphatic heterocycles. The third-order valence-electron chi connectivity index (χ3n) is 3.41. The summed E-state index contributed by atoms with van der Waals surface area (Å²) in [6.45, 7) is 1.91. The number of pyridine rings is 1. The Morgan fingerprint density at radius 3 is 2.70 bits per heavy atom. The third-order valence-corrected chi connectivity index (χ3v) is 4.04. The van der Waals surface area contributed by atoms with E-state index in [-0.39, 0.29) is 6.04 Å². The number of rotatable bonds is 3. The van der Waals surface area contributed by atoms with E-state index in [1.807, 2.05) is 23.6 Å². The first kappa shape index (κ1) is 13.6. The number of hydrogen-bond donors (Lipinski definition) is 1. The standard InChI is InChI=1S/C14H20N4OS/c1-9(15)13-8-18-7-11(10-4-5-10)6-12(14(18)16-13)17-20(2,3)19/h6-10H,4-5,15H2,1-3H3/t9-/m1/s1. The summed E-state index contributed by atoms with van der Waals surface area (Å²) in [4.78, 5) is 4.54. The quantitative estimate of drug-likeness (QED) is 0.945. The van der Waals surface area contributed by atoms with Gasteiger partial charge < -0.3 is 10.1 Å². The van der Waals surface area contributed by atoms with E-state index in [1.165, 1.54) is 18.4 Å². The molecule has 0 unspecified atom stereocenters. The van der Waals surface area contributed by atoms with Gasteiger partial charge in [-0.2, -0.15) is 4.36 Å². The Bertz CT molecular complexity index is 772.